The predicted molar refractivity (Wildman–Crippen MR) is 85.5 cm³/mol. The van der Waals surface area contributed by atoms with Crippen molar-refractivity contribution in [2.75, 3.05) is 13.4 Å². The summed E-state index contributed by atoms with van der Waals surface area (Å²) in [7, 11) is 1.59. The minimum Gasteiger partial charge on any atom is -0.378 e. The minimum absolute atomic E-state index is 0.133. The number of H-pyrrole nitrogens is 1. The summed E-state index contributed by atoms with van der Waals surface area (Å²) in [5, 5.41) is 0. The number of hydrogen-bond acceptors (Lipinski definition) is 4. The summed E-state index contributed by atoms with van der Waals surface area (Å²) in [4.78, 5) is 20.3. The minimum atomic E-state index is -0.133. The Morgan fingerprint density at radius 3 is 2.63 bits per heavy atom. The Kier molecular flexibility index (Phi) is 5.00. The van der Waals surface area contributed by atoms with Crippen molar-refractivity contribution in [3.05, 3.63) is 43.9 Å². The van der Waals surface area contributed by atoms with E-state index in [1.807, 2.05) is 53.1 Å². The van der Waals surface area contributed by atoms with E-state index in [2.05, 4.69) is 9.97 Å². The lowest BCUT2D eigenvalue weighted by Crippen LogP contribution is -2.16. The molecule has 2 rings (SSSR count). The molecule has 1 heterocycles. The molecular formula is C13H13IN2O2S. The zero-order valence-corrected chi connectivity index (χ0v) is 13.5. The number of ether oxygens (including phenoxy) is 1. The Morgan fingerprint density at radius 1 is 1.37 bits per heavy atom. The molecule has 0 unspecified atom stereocenters. The summed E-state index contributed by atoms with van der Waals surface area (Å²) in [6, 6.07) is 7.92. The van der Waals surface area contributed by atoms with Gasteiger partial charge in [0, 0.05) is 17.6 Å². The van der Waals surface area contributed by atoms with Gasteiger partial charge in [0.15, 0.2) is 0 Å². The maximum atomic E-state index is 11.9. The highest BCUT2D eigenvalue weighted by atomic mass is 127. The third-order valence-corrected chi connectivity index (χ3v) is 4.43. The van der Waals surface area contributed by atoms with E-state index >= 15 is 0 Å². The molecule has 0 fully saturated rings. The monoisotopic (exact) mass is 388 g/mol. The molecule has 0 bridgehead atoms. The van der Waals surface area contributed by atoms with Gasteiger partial charge in [0.05, 0.1) is 12.3 Å². The standard InChI is InChI=1S/C13H13IN2O2S/c1-18-7-10-11(14)13(17)16-12(15-10)8-3-5-9(19-2)6-4-8/h3-6H,7H2,1-2H3,(H,15,16,17). The molecule has 1 aromatic carbocycles. The van der Waals surface area contributed by atoms with Gasteiger partial charge in [0.1, 0.15) is 9.39 Å². The van der Waals surface area contributed by atoms with Crippen molar-refractivity contribution in [2.45, 2.75) is 11.5 Å². The lowest BCUT2D eigenvalue weighted by molar-refractivity contribution is 0.180. The summed E-state index contributed by atoms with van der Waals surface area (Å²) < 4.78 is 5.64. The van der Waals surface area contributed by atoms with Gasteiger partial charge in [-0.25, -0.2) is 4.98 Å². The van der Waals surface area contributed by atoms with Crippen LogP contribution in [0.3, 0.4) is 0 Å². The number of hydrogen-bond donors (Lipinski definition) is 1. The molecule has 0 aliphatic heterocycles. The molecule has 100 valence electrons. The second-order valence-corrected chi connectivity index (χ2v) is 5.80. The highest BCUT2D eigenvalue weighted by Gasteiger charge is 2.10. The van der Waals surface area contributed by atoms with Crippen LogP contribution in [-0.2, 0) is 11.3 Å². The summed E-state index contributed by atoms with van der Waals surface area (Å²) in [6.07, 6.45) is 2.02. The van der Waals surface area contributed by atoms with Crippen LogP contribution in [0.25, 0.3) is 11.4 Å². The van der Waals surface area contributed by atoms with Crippen molar-refractivity contribution in [1.29, 1.82) is 0 Å². The van der Waals surface area contributed by atoms with Crippen molar-refractivity contribution in [3.63, 3.8) is 0 Å². The molecule has 6 heteroatoms. The van der Waals surface area contributed by atoms with Crippen LogP contribution < -0.4 is 5.56 Å². The quantitative estimate of drug-likeness (QED) is 0.647. The number of rotatable bonds is 4. The molecule has 0 aliphatic rings. The predicted octanol–water partition coefficient (Wildman–Crippen LogP) is 2.91. The first-order valence-corrected chi connectivity index (χ1v) is 7.88. The van der Waals surface area contributed by atoms with Gasteiger partial charge in [-0.15, -0.1) is 11.8 Å². The van der Waals surface area contributed by atoms with Gasteiger partial charge in [-0.2, -0.15) is 0 Å². The molecule has 4 nitrogen and oxygen atoms in total. The van der Waals surface area contributed by atoms with Crippen LogP contribution in [0.1, 0.15) is 5.69 Å². The average Bonchev–Trinajstić information content (AvgIpc) is 2.44. The Bertz CT molecular complexity index is 626. The number of nitrogens with one attached hydrogen (secondary N) is 1. The van der Waals surface area contributed by atoms with Crippen LogP contribution in [0.2, 0.25) is 0 Å². The van der Waals surface area contributed by atoms with Crippen LogP contribution in [-0.4, -0.2) is 23.3 Å². The van der Waals surface area contributed by atoms with Crippen molar-refractivity contribution in [1.82, 2.24) is 9.97 Å². The molecule has 0 radical (unpaired) electrons. The summed E-state index contributed by atoms with van der Waals surface area (Å²) in [6.45, 7) is 0.331. The second kappa shape index (κ2) is 6.53. The number of thioether (sulfide) groups is 1. The fourth-order valence-electron chi connectivity index (χ4n) is 1.62. The molecule has 0 spiro atoms. The highest BCUT2D eigenvalue weighted by Crippen LogP contribution is 2.20. The lowest BCUT2D eigenvalue weighted by Gasteiger charge is -2.06. The van der Waals surface area contributed by atoms with E-state index in [-0.39, 0.29) is 5.56 Å². The highest BCUT2D eigenvalue weighted by molar-refractivity contribution is 14.1. The van der Waals surface area contributed by atoms with E-state index in [1.54, 1.807) is 18.9 Å². The van der Waals surface area contributed by atoms with Gasteiger partial charge >= 0.3 is 0 Å². The van der Waals surface area contributed by atoms with E-state index in [0.717, 1.165) is 5.56 Å². The molecule has 1 aromatic heterocycles. The van der Waals surface area contributed by atoms with Crippen molar-refractivity contribution in [2.24, 2.45) is 0 Å². The summed E-state index contributed by atoms with van der Waals surface area (Å²) >= 11 is 3.66. The summed E-state index contributed by atoms with van der Waals surface area (Å²) in [5.41, 5.74) is 1.42. The molecule has 0 aliphatic carbocycles. The van der Waals surface area contributed by atoms with Gasteiger partial charge in [0.2, 0.25) is 0 Å². The number of nitrogens with zero attached hydrogens (tertiary/aromatic N) is 1. The SMILES string of the molecule is COCc1nc(-c2ccc(SC)cc2)[nH]c(=O)c1I. The number of aromatic nitrogens is 2. The van der Waals surface area contributed by atoms with Gasteiger partial charge in [-0.3, -0.25) is 4.79 Å². The fraction of sp³-hybridized carbons (Fsp3) is 0.231. The molecular weight excluding hydrogens is 375 g/mol. The van der Waals surface area contributed by atoms with Crippen LogP contribution in [0, 0.1) is 3.57 Å². The third-order valence-electron chi connectivity index (χ3n) is 2.58. The largest absolute Gasteiger partial charge is 0.378 e. The first-order chi connectivity index (χ1) is 9.15. The lowest BCUT2D eigenvalue weighted by atomic mass is 10.2. The van der Waals surface area contributed by atoms with Crippen LogP contribution >= 0.6 is 34.4 Å². The first kappa shape index (κ1) is 14.5. The molecule has 0 saturated carbocycles. The van der Waals surface area contributed by atoms with E-state index in [4.69, 9.17) is 4.74 Å². The Labute approximate surface area is 129 Å². The maximum Gasteiger partial charge on any atom is 0.264 e. The van der Waals surface area contributed by atoms with Crippen molar-refractivity contribution < 1.29 is 4.74 Å². The molecule has 0 saturated heterocycles. The first-order valence-electron chi connectivity index (χ1n) is 5.57. The van der Waals surface area contributed by atoms with Gasteiger partial charge in [-0.05, 0) is 41.0 Å². The van der Waals surface area contributed by atoms with E-state index in [0.29, 0.717) is 21.7 Å². The molecule has 19 heavy (non-hydrogen) atoms. The molecule has 2 aromatic rings. The maximum absolute atomic E-state index is 11.9. The van der Waals surface area contributed by atoms with Gasteiger partial charge < -0.3 is 9.72 Å². The normalized spacial score (nSPS) is 10.7. The Hall–Kier alpha value is -0.860. The number of aromatic amines is 1. The van der Waals surface area contributed by atoms with E-state index in [9.17, 15) is 4.79 Å². The van der Waals surface area contributed by atoms with E-state index < -0.39 is 0 Å². The van der Waals surface area contributed by atoms with Crippen molar-refractivity contribution >= 4 is 34.4 Å². The zero-order chi connectivity index (χ0) is 13.8. The molecule has 0 atom stereocenters. The topological polar surface area (TPSA) is 55.0 Å². The Balaban J connectivity index is 2.46. The second-order valence-electron chi connectivity index (χ2n) is 3.84. The number of methoxy groups -OCH3 is 1. The van der Waals surface area contributed by atoms with E-state index in [1.165, 1.54) is 4.90 Å². The smallest absolute Gasteiger partial charge is 0.264 e. The number of benzene rings is 1. The van der Waals surface area contributed by atoms with Crippen molar-refractivity contribution in [3.8, 4) is 11.4 Å². The molecule has 1 N–H and O–H groups in total. The average molecular weight is 388 g/mol. The fourth-order valence-corrected chi connectivity index (χ4v) is 2.44. The van der Waals surface area contributed by atoms with Crippen LogP contribution in [0.4, 0.5) is 0 Å². The number of halogens is 1. The third kappa shape index (κ3) is 3.37. The Morgan fingerprint density at radius 2 is 2.05 bits per heavy atom. The zero-order valence-electron chi connectivity index (χ0n) is 10.6. The van der Waals surface area contributed by atoms with Gasteiger partial charge in [-0.1, -0.05) is 12.1 Å². The summed E-state index contributed by atoms with van der Waals surface area (Å²) in [5.74, 6) is 0.574. The van der Waals surface area contributed by atoms with Gasteiger partial charge in [0.25, 0.3) is 5.56 Å². The van der Waals surface area contributed by atoms with Crippen LogP contribution in [0.5, 0.6) is 0 Å². The van der Waals surface area contributed by atoms with Crippen LogP contribution in [0.15, 0.2) is 34.0 Å². The molecule has 0 amide bonds.